The molecule has 4 rings (SSSR count). The van der Waals surface area contributed by atoms with Crippen LogP contribution in [0.5, 0.6) is 5.75 Å². The Hall–Kier alpha value is -3.12. The highest BCUT2D eigenvalue weighted by atomic mass is 16.5. The standard InChI is InChI=1S/C24H27N3O3/c1-16-13-22-26(23(29)20-7-5-6-8-21(20)27(22)25-16)14-18(28)15-30-19-11-9-17(10-12-19)24(2,3)4/h5-13,18,28H,14-15H2,1-4H3/t18-/m0/s1. The number of fused-ring (bicyclic) bond motifs is 3. The lowest BCUT2D eigenvalue weighted by Crippen LogP contribution is -2.31. The van der Waals surface area contributed by atoms with Crippen molar-refractivity contribution in [1.29, 1.82) is 0 Å². The molecule has 0 spiro atoms. The first-order valence-electron chi connectivity index (χ1n) is 10.1. The average molecular weight is 405 g/mol. The lowest BCUT2D eigenvalue weighted by molar-refractivity contribution is 0.0925. The van der Waals surface area contributed by atoms with Gasteiger partial charge in [-0.1, -0.05) is 45.0 Å². The van der Waals surface area contributed by atoms with Crippen LogP contribution in [0.2, 0.25) is 0 Å². The van der Waals surface area contributed by atoms with E-state index in [1.54, 1.807) is 15.1 Å². The number of ether oxygens (including phenoxy) is 1. The van der Waals surface area contributed by atoms with Crippen LogP contribution in [0.4, 0.5) is 0 Å². The maximum Gasteiger partial charge on any atom is 0.261 e. The maximum atomic E-state index is 13.1. The normalized spacial score (nSPS) is 13.1. The van der Waals surface area contributed by atoms with Gasteiger partial charge in [-0.25, -0.2) is 4.52 Å². The highest BCUT2D eigenvalue weighted by Crippen LogP contribution is 2.24. The van der Waals surface area contributed by atoms with E-state index < -0.39 is 6.10 Å². The van der Waals surface area contributed by atoms with Crippen molar-refractivity contribution in [2.24, 2.45) is 0 Å². The van der Waals surface area contributed by atoms with Gasteiger partial charge in [0.2, 0.25) is 0 Å². The lowest BCUT2D eigenvalue weighted by atomic mass is 9.87. The highest BCUT2D eigenvalue weighted by molar-refractivity contribution is 5.80. The third-order valence-electron chi connectivity index (χ3n) is 5.25. The topological polar surface area (TPSA) is 68.8 Å². The van der Waals surface area contributed by atoms with Crippen LogP contribution in [-0.4, -0.2) is 32.0 Å². The molecule has 0 saturated carbocycles. The van der Waals surface area contributed by atoms with Crippen LogP contribution in [0.3, 0.4) is 0 Å². The summed E-state index contributed by atoms with van der Waals surface area (Å²) in [4.78, 5) is 13.1. The fourth-order valence-electron chi connectivity index (χ4n) is 3.63. The molecule has 4 aromatic rings. The van der Waals surface area contributed by atoms with E-state index in [-0.39, 0.29) is 24.1 Å². The number of hydrogen-bond acceptors (Lipinski definition) is 4. The van der Waals surface area contributed by atoms with Gasteiger partial charge < -0.3 is 9.84 Å². The Morgan fingerprint density at radius 2 is 1.80 bits per heavy atom. The fourth-order valence-corrected chi connectivity index (χ4v) is 3.63. The third-order valence-corrected chi connectivity index (χ3v) is 5.25. The Kier molecular flexibility index (Phi) is 5.12. The van der Waals surface area contributed by atoms with Crippen molar-refractivity contribution in [3.63, 3.8) is 0 Å². The first-order chi connectivity index (χ1) is 14.2. The molecule has 0 aliphatic heterocycles. The summed E-state index contributed by atoms with van der Waals surface area (Å²) in [7, 11) is 0. The summed E-state index contributed by atoms with van der Waals surface area (Å²) < 4.78 is 9.09. The summed E-state index contributed by atoms with van der Waals surface area (Å²) in [6, 6.07) is 17.1. The first-order valence-corrected chi connectivity index (χ1v) is 10.1. The number of rotatable bonds is 5. The minimum atomic E-state index is -0.842. The van der Waals surface area contributed by atoms with Crippen LogP contribution in [0.15, 0.2) is 59.4 Å². The summed E-state index contributed by atoms with van der Waals surface area (Å²) in [5, 5.41) is 15.7. The average Bonchev–Trinajstić information content (AvgIpc) is 3.11. The van der Waals surface area contributed by atoms with Gasteiger partial charge in [0.15, 0.2) is 0 Å². The van der Waals surface area contributed by atoms with Crippen molar-refractivity contribution >= 4 is 16.6 Å². The molecule has 6 heteroatoms. The molecule has 0 fully saturated rings. The van der Waals surface area contributed by atoms with E-state index in [0.717, 1.165) is 11.2 Å². The quantitative estimate of drug-likeness (QED) is 0.550. The van der Waals surface area contributed by atoms with Crippen LogP contribution in [-0.2, 0) is 12.0 Å². The third kappa shape index (κ3) is 3.83. The van der Waals surface area contributed by atoms with E-state index >= 15 is 0 Å². The lowest BCUT2D eigenvalue weighted by Gasteiger charge is -2.19. The van der Waals surface area contributed by atoms with E-state index in [4.69, 9.17) is 4.74 Å². The molecule has 1 atom stereocenters. The van der Waals surface area contributed by atoms with Gasteiger partial charge in [0.05, 0.1) is 23.1 Å². The molecule has 2 heterocycles. The molecule has 156 valence electrons. The molecule has 0 unspecified atom stereocenters. The van der Waals surface area contributed by atoms with E-state index in [2.05, 4.69) is 25.9 Å². The second-order valence-corrected chi connectivity index (χ2v) is 8.73. The second kappa shape index (κ2) is 7.61. The summed E-state index contributed by atoms with van der Waals surface area (Å²) in [5.74, 6) is 0.693. The number of aromatic nitrogens is 3. The van der Waals surface area contributed by atoms with Gasteiger partial charge in [-0.3, -0.25) is 9.36 Å². The number of nitrogens with zero attached hydrogens (tertiary/aromatic N) is 3. The van der Waals surface area contributed by atoms with Gasteiger partial charge in [0, 0.05) is 6.07 Å². The molecular formula is C24H27N3O3. The van der Waals surface area contributed by atoms with Gasteiger partial charge in [-0.05, 0) is 42.2 Å². The van der Waals surface area contributed by atoms with Gasteiger partial charge in [-0.15, -0.1) is 0 Å². The molecule has 0 bridgehead atoms. The SMILES string of the molecule is Cc1cc2n(C[C@H](O)COc3ccc(C(C)(C)C)cc3)c(=O)c3ccccc3n2n1. The predicted octanol–water partition coefficient (Wildman–Crippen LogP) is 3.70. The summed E-state index contributed by atoms with van der Waals surface area (Å²) >= 11 is 0. The van der Waals surface area contributed by atoms with Crippen LogP contribution < -0.4 is 10.3 Å². The number of aliphatic hydroxyl groups excluding tert-OH is 1. The molecule has 1 N–H and O–H groups in total. The van der Waals surface area contributed by atoms with Crippen molar-refractivity contribution in [3.05, 3.63) is 76.2 Å². The second-order valence-electron chi connectivity index (χ2n) is 8.73. The van der Waals surface area contributed by atoms with Crippen LogP contribution in [0.1, 0.15) is 32.0 Å². The zero-order valence-electron chi connectivity index (χ0n) is 17.8. The largest absolute Gasteiger partial charge is 0.491 e. The molecule has 0 radical (unpaired) electrons. The zero-order valence-corrected chi connectivity index (χ0v) is 17.8. The van der Waals surface area contributed by atoms with Crippen LogP contribution >= 0.6 is 0 Å². The van der Waals surface area contributed by atoms with E-state index in [9.17, 15) is 9.90 Å². The Balaban J connectivity index is 1.56. The van der Waals surface area contributed by atoms with E-state index in [1.165, 1.54) is 5.56 Å². The maximum absolute atomic E-state index is 13.1. The number of hydrogen-bond donors (Lipinski definition) is 1. The van der Waals surface area contributed by atoms with Crippen molar-refractivity contribution in [2.75, 3.05) is 6.61 Å². The Bertz CT molecular complexity index is 1250. The molecule has 2 aromatic carbocycles. The summed E-state index contributed by atoms with van der Waals surface area (Å²) in [6.07, 6.45) is -0.842. The first kappa shape index (κ1) is 20.2. The number of benzene rings is 2. The molecule has 6 nitrogen and oxygen atoms in total. The van der Waals surface area contributed by atoms with Gasteiger partial charge in [0.1, 0.15) is 24.1 Å². The number of para-hydroxylation sites is 1. The highest BCUT2D eigenvalue weighted by Gasteiger charge is 2.16. The van der Waals surface area contributed by atoms with Crippen LogP contribution in [0, 0.1) is 6.92 Å². The molecule has 30 heavy (non-hydrogen) atoms. The van der Waals surface area contributed by atoms with E-state index in [0.29, 0.717) is 16.8 Å². The molecule has 0 aliphatic rings. The molecule has 0 aliphatic carbocycles. The number of aliphatic hydroxyl groups is 1. The Labute approximate surface area is 175 Å². The van der Waals surface area contributed by atoms with E-state index in [1.807, 2.05) is 55.5 Å². The van der Waals surface area contributed by atoms with Gasteiger partial charge >= 0.3 is 0 Å². The Morgan fingerprint density at radius 3 is 2.50 bits per heavy atom. The van der Waals surface area contributed by atoms with Crippen molar-refractivity contribution < 1.29 is 9.84 Å². The molecule has 0 saturated heterocycles. The van der Waals surface area contributed by atoms with Crippen LogP contribution in [0.25, 0.3) is 16.6 Å². The molecular weight excluding hydrogens is 378 g/mol. The molecule has 0 amide bonds. The number of aryl methyl sites for hydroxylation is 1. The smallest absolute Gasteiger partial charge is 0.261 e. The summed E-state index contributed by atoms with van der Waals surface area (Å²) in [5.41, 5.74) is 3.37. The zero-order chi connectivity index (χ0) is 21.5. The molecule has 2 aromatic heterocycles. The van der Waals surface area contributed by atoms with Gasteiger partial charge in [0.25, 0.3) is 5.56 Å². The fraction of sp³-hybridized carbons (Fsp3) is 0.333. The van der Waals surface area contributed by atoms with Crippen molar-refractivity contribution in [3.8, 4) is 5.75 Å². The van der Waals surface area contributed by atoms with Crippen molar-refractivity contribution in [1.82, 2.24) is 14.2 Å². The van der Waals surface area contributed by atoms with Crippen molar-refractivity contribution in [2.45, 2.75) is 45.8 Å². The monoisotopic (exact) mass is 405 g/mol. The van der Waals surface area contributed by atoms with Gasteiger partial charge in [-0.2, -0.15) is 5.10 Å². The minimum absolute atomic E-state index is 0.0735. The Morgan fingerprint density at radius 1 is 1.10 bits per heavy atom. The predicted molar refractivity (Wildman–Crippen MR) is 118 cm³/mol. The summed E-state index contributed by atoms with van der Waals surface area (Å²) in [6.45, 7) is 8.58. The minimum Gasteiger partial charge on any atom is -0.491 e.